The van der Waals surface area contributed by atoms with Crippen LogP contribution < -0.4 is 5.73 Å². The molecule has 0 amide bonds. The molecule has 0 aromatic rings. The topological polar surface area (TPSA) is 29.3 Å². The van der Waals surface area contributed by atoms with Gasteiger partial charge in [0.25, 0.3) is 0 Å². The Morgan fingerprint density at radius 2 is 2.13 bits per heavy atom. The van der Waals surface area contributed by atoms with Crippen molar-refractivity contribution in [2.75, 3.05) is 19.6 Å². The van der Waals surface area contributed by atoms with Gasteiger partial charge in [-0.15, -0.1) is 0 Å². The van der Waals surface area contributed by atoms with Crippen LogP contribution in [0.5, 0.6) is 0 Å². The van der Waals surface area contributed by atoms with Crippen LogP contribution >= 0.6 is 0 Å². The fourth-order valence-corrected chi connectivity index (χ4v) is 2.73. The van der Waals surface area contributed by atoms with Gasteiger partial charge in [-0.05, 0) is 32.6 Å². The molecule has 0 saturated heterocycles. The Balaban J connectivity index is 1.74. The summed E-state index contributed by atoms with van der Waals surface area (Å²) in [5.74, 6) is 0. The molecule has 2 nitrogen and oxygen atoms in total. The molecule has 1 saturated carbocycles. The highest BCUT2D eigenvalue weighted by Crippen LogP contribution is 2.30. The number of nitrogens with two attached hydrogens (primary N) is 1. The van der Waals surface area contributed by atoms with Gasteiger partial charge in [0.1, 0.15) is 0 Å². The summed E-state index contributed by atoms with van der Waals surface area (Å²) >= 11 is 0. The Labute approximate surface area is 93.5 Å². The van der Waals surface area contributed by atoms with Crippen LogP contribution in [0.2, 0.25) is 0 Å². The quantitative estimate of drug-likeness (QED) is 0.721. The minimum absolute atomic E-state index is 0.177. The van der Waals surface area contributed by atoms with Gasteiger partial charge in [-0.2, -0.15) is 0 Å². The van der Waals surface area contributed by atoms with Crippen molar-refractivity contribution in [3.05, 3.63) is 11.6 Å². The molecule has 86 valence electrons. The second-order valence-corrected chi connectivity index (χ2v) is 5.42. The first-order valence-corrected chi connectivity index (χ1v) is 6.35. The van der Waals surface area contributed by atoms with Gasteiger partial charge in [-0.25, -0.2) is 0 Å². The van der Waals surface area contributed by atoms with Crippen molar-refractivity contribution < 1.29 is 0 Å². The smallest absolute Gasteiger partial charge is 0.0166 e. The molecule has 1 aliphatic heterocycles. The summed E-state index contributed by atoms with van der Waals surface area (Å²) in [5.41, 5.74) is 8.09. The maximum absolute atomic E-state index is 6.36. The molecule has 0 bridgehead atoms. The Kier molecular flexibility index (Phi) is 3.47. The highest BCUT2D eigenvalue weighted by molar-refractivity contribution is 5.04. The second kappa shape index (κ2) is 4.67. The van der Waals surface area contributed by atoms with Gasteiger partial charge in [0, 0.05) is 25.2 Å². The van der Waals surface area contributed by atoms with E-state index in [9.17, 15) is 0 Å². The summed E-state index contributed by atoms with van der Waals surface area (Å²) in [4.78, 5) is 2.54. The minimum atomic E-state index is 0.177. The maximum Gasteiger partial charge on any atom is 0.0166 e. The van der Waals surface area contributed by atoms with E-state index in [0.29, 0.717) is 0 Å². The van der Waals surface area contributed by atoms with Crippen LogP contribution in [-0.2, 0) is 0 Å². The van der Waals surface area contributed by atoms with Crippen molar-refractivity contribution in [2.24, 2.45) is 5.73 Å². The molecule has 2 aliphatic rings. The first-order chi connectivity index (χ1) is 7.18. The van der Waals surface area contributed by atoms with Crippen LogP contribution in [0.25, 0.3) is 0 Å². The lowest BCUT2D eigenvalue weighted by molar-refractivity contribution is 0.253. The van der Waals surface area contributed by atoms with E-state index in [1.54, 1.807) is 5.57 Å². The third-order valence-electron chi connectivity index (χ3n) is 4.05. The van der Waals surface area contributed by atoms with Crippen molar-refractivity contribution in [3.63, 3.8) is 0 Å². The van der Waals surface area contributed by atoms with E-state index in [4.69, 9.17) is 5.73 Å². The summed E-state index contributed by atoms with van der Waals surface area (Å²) in [6.07, 6.45) is 9.98. The van der Waals surface area contributed by atoms with Gasteiger partial charge in [-0.3, -0.25) is 4.90 Å². The highest BCUT2D eigenvalue weighted by Gasteiger charge is 2.29. The number of rotatable bonds is 3. The molecule has 0 aromatic carbocycles. The molecule has 1 aliphatic carbocycles. The fourth-order valence-electron chi connectivity index (χ4n) is 2.73. The van der Waals surface area contributed by atoms with Gasteiger partial charge in [-0.1, -0.05) is 24.5 Å². The molecule has 0 radical (unpaired) electrons. The normalized spacial score (nSPS) is 26.7. The van der Waals surface area contributed by atoms with E-state index in [2.05, 4.69) is 17.9 Å². The first kappa shape index (κ1) is 11.2. The number of hydrogen-bond donors (Lipinski definition) is 1. The third kappa shape index (κ3) is 3.05. The van der Waals surface area contributed by atoms with E-state index in [1.165, 1.54) is 51.6 Å². The molecule has 2 N–H and O–H groups in total. The monoisotopic (exact) mass is 208 g/mol. The summed E-state index contributed by atoms with van der Waals surface area (Å²) in [6.45, 7) is 5.80. The van der Waals surface area contributed by atoms with Crippen molar-refractivity contribution in [2.45, 2.75) is 51.0 Å². The lowest BCUT2D eigenvalue weighted by Gasteiger charge is -2.30. The van der Waals surface area contributed by atoms with E-state index < -0.39 is 0 Å². The Bertz CT molecular complexity index is 239. The van der Waals surface area contributed by atoms with Crippen LogP contribution in [-0.4, -0.2) is 30.1 Å². The molecule has 0 unspecified atom stereocenters. The standard InChI is InChI=1S/C13H24N2/c1-12-4-9-15(10-5-12)11-8-13(14)6-2-3-7-13/h4H,2-3,5-11,14H2,1H3. The lowest BCUT2D eigenvalue weighted by Crippen LogP contribution is -2.41. The molecular weight excluding hydrogens is 184 g/mol. The van der Waals surface area contributed by atoms with Crippen molar-refractivity contribution >= 4 is 0 Å². The number of nitrogens with zero attached hydrogens (tertiary/aromatic N) is 1. The van der Waals surface area contributed by atoms with Gasteiger partial charge >= 0.3 is 0 Å². The Morgan fingerprint density at radius 3 is 2.73 bits per heavy atom. The average molecular weight is 208 g/mol. The van der Waals surface area contributed by atoms with Crippen LogP contribution in [0.3, 0.4) is 0 Å². The van der Waals surface area contributed by atoms with Gasteiger partial charge in [0.2, 0.25) is 0 Å². The van der Waals surface area contributed by atoms with Crippen molar-refractivity contribution in [3.8, 4) is 0 Å². The van der Waals surface area contributed by atoms with E-state index >= 15 is 0 Å². The summed E-state index contributed by atoms with van der Waals surface area (Å²) in [6, 6.07) is 0. The largest absolute Gasteiger partial charge is 0.325 e. The molecule has 0 aromatic heterocycles. The second-order valence-electron chi connectivity index (χ2n) is 5.42. The molecule has 15 heavy (non-hydrogen) atoms. The summed E-state index contributed by atoms with van der Waals surface area (Å²) in [5, 5.41) is 0. The molecule has 0 spiro atoms. The first-order valence-electron chi connectivity index (χ1n) is 6.35. The predicted molar refractivity (Wildman–Crippen MR) is 64.8 cm³/mol. The van der Waals surface area contributed by atoms with Crippen molar-refractivity contribution in [1.29, 1.82) is 0 Å². The van der Waals surface area contributed by atoms with Crippen LogP contribution in [0, 0.1) is 0 Å². The van der Waals surface area contributed by atoms with Gasteiger partial charge < -0.3 is 5.73 Å². The summed E-state index contributed by atoms with van der Waals surface area (Å²) < 4.78 is 0. The highest BCUT2D eigenvalue weighted by atomic mass is 15.1. The van der Waals surface area contributed by atoms with Crippen LogP contribution in [0.1, 0.15) is 45.4 Å². The van der Waals surface area contributed by atoms with Crippen LogP contribution in [0.4, 0.5) is 0 Å². The zero-order valence-electron chi connectivity index (χ0n) is 9.97. The van der Waals surface area contributed by atoms with Crippen LogP contribution in [0.15, 0.2) is 11.6 Å². The van der Waals surface area contributed by atoms with Crippen molar-refractivity contribution in [1.82, 2.24) is 4.90 Å². The number of hydrogen-bond acceptors (Lipinski definition) is 2. The lowest BCUT2D eigenvalue weighted by atomic mass is 9.94. The third-order valence-corrected chi connectivity index (χ3v) is 4.05. The maximum atomic E-state index is 6.36. The van der Waals surface area contributed by atoms with E-state index in [-0.39, 0.29) is 5.54 Å². The molecule has 0 atom stereocenters. The fraction of sp³-hybridized carbons (Fsp3) is 0.846. The Hall–Kier alpha value is -0.340. The SMILES string of the molecule is CC1=CCN(CCC2(N)CCCC2)CC1. The van der Waals surface area contributed by atoms with E-state index in [1.807, 2.05) is 0 Å². The predicted octanol–water partition coefficient (Wildman–Crippen LogP) is 2.30. The zero-order chi connectivity index (χ0) is 10.7. The van der Waals surface area contributed by atoms with Gasteiger partial charge in [0.05, 0.1) is 0 Å². The van der Waals surface area contributed by atoms with E-state index in [0.717, 1.165) is 6.54 Å². The zero-order valence-corrected chi connectivity index (χ0v) is 9.97. The summed E-state index contributed by atoms with van der Waals surface area (Å²) in [7, 11) is 0. The average Bonchev–Trinajstić information content (AvgIpc) is 2.65. The molecule has 1 heterocycles. The molecule has 2 heteroatoms. The van der Waals surface area contributed by atoms with Gasteiger partial charge in [0.15, 0.2) is 0 Å². The minimum Gasteiger partial charge on any atom is -0.325 e. The molecule has 1 fully saturated rings. The Morgan fingerprint density at radius 1 is 1.40 bits per heavy atom. The molecule has 2 rings (SSSR count). The molecular formula is C13H24N2.